The van der Waals surface area contributed by atoms with Gasteiger partial charge >= 0.3 is 0 Å². The Morgan fingerprint density at radius 1 is 1.44 bits per heavy atom. The first kappa shape index (κ1) is 15.3. The summed E-state index contributed by atoms with van der Waals surface area (Å²) < 4.78 is 0. The van der Waals surface area contributed by atoms with Crippen molar-refractivity contribution < 1.29 is 15.0 Å². The number of hydrogen-bond acceptors (Lipinski definition) is 4. The Labute approximate surface area is 115 Å². The monoisotopic (exact) mass is 289 g/mol. The van der Waals surface area contributed by atoms with E-state index in [1.807, 2.05) is 0 Å². The zero-order valence-electron chi connectivity index (χ0n) is 9.80. The second kappa shape index (κ2) is 8.37. The van der Waals surface area contributed by atoms with E-state index in [9.17, 15) is 4.79 Å². The molecular weight excluding hydrogens is 274 g/mol. The van der Waals surface area contributed by atoms with Crippen LogP contribution in [-0.4, -0.2) is 40.3 Å². The summed E-state index contributed by atoms with van der Waals surface area (Å²) in [5, 5.41) is 20.9. The van der Waals surface area contributed by atoms with Crippen LogP contribution >= 0.6 is 23.4 Å². The van der Waals surface area contributed by atoms with Crippen LogP contribution in [0.1, 0.15) is 6.42 Å². The van der Waals surface area contributed by atoms with Crippen LogP contribution in [0, 0.1) is 0 Å². The lowest BCUT2D eigenvalue weighted by Crippen LogP contribution is -2.16. The van der Waals surface area contributed by atoms with Gasteiger partial charge in [0.25, 0.3) is 0 Å². The van der Waals surface area contributed by atoms with Crippen molar-refractivity contribution in [2.45, 2.75) is 12.5 Å². The first-order chi connectivity index (χ1) is 8.63. The zero-order valence-corrected chi connectivity index (χ0v) is 11.4. The predicted octanol–water partition coefficient (Wildman–Crippen LogP) is 1.75. The lowest BCUT2D eigenvalue weighted by atomic mass is 10.3. The minimum Gasteiger partial charge on any atom is -0.394 e. The molecule has 0 aliphatic rings. The molecule has 0 bridgehead atoms. The van der Waals surface area contributed by atoms with E-state index in [4.69, 9.17) is 21.8 Å². The molecule has 18 heavy (non-hydrogen) atoms. The topological polar surface area (TPSA) is 69.6 Å². The minimum atomic E-state index is -0.721. The third-order valence-corrected chi connectivity index (χ3v) is 3.59. The van der Waals surface area contributed by atoms with Crippen LogP contribution in [0.15, 0.2) is 24.3 Å². The molecule has 1 aromatic rings. The summed E-state index contributed by atoms with van der Waals surface area (Å²) in [6, 6.07) is 7.05. The third-order valence-electron chi connectivity index (χ3n) is 2.14. The predicted molar refractivity (Wildman–Crippen MR) is 75.1 cm³/mol. The Bertz CT molecular complexity index is 389. The number of thioether (sulfide) groups is 1. The lowest BCUT2D eigenvalue weighted by molar-refractivity contribution is -0.115. The smallest absolute Gasteiger partial charge is 0.225 e. The van der Waals surface area contributed by atoms with Crippen molar-refractivity contribution in [3.05, 3.63) is 29.3 Å². The molecule has 0 saturated carbocycles. The SMILES string of the molecule is O=C(CCSCC(O)CO)Nc1ccccc1Cl. The van der Waals surface area contributed by atoms with E-state index in [1.165, 1.54) is 11.8 Å². The largest absolute Gasteiger partial charge is 0.394 e. The average Bonchev–Trinajstić information content (AvgIpc) is 2.37. The number of nitrogens with one attached hydrogen (secondary N) is 1. The maximum absolute atomic E-state index is 11.6. The Morgan fingerprint density at radius 3 is 2.83 bits per heavy atom. The molecule has 6 heteroatoms. The Kier molecular flexibility index (Phi) is 7.12. The maximum Gasteiger partial charge on any atom is 0.225 e. The van der Waals surface area contributed by atoms with Gasteiger partial charge in [-0.2, -0.15) is 11.8 Å². The van der Waals surface area contributed by atoms with E-state index in [0.717, 1.165) is 0 Å². The van der Waals surface area contributed by atoms with Crippen molar-refractivity contribution in [2.75, 3.05) is 23.4 Å². The van der Waals surface area contributed by atoms with Gasteiger partial charge in [-0.3, -0.25) is 4.79 Å². The first-order valence-corrected chi connectivity index (χ1v) is 7.07. The van der Waals surface area contributed by atoms with Gasteiger partial charge in [0.2, 0.25) is 5.91 Å². The molecule has 0 radical (unpaired) electrons. The molecule has 0 saturated heterocycles. The molecule has 1 amide bonds. The molecule has 1 rings (SSSR count). The van der Waals surface area contributed by atoms with Crippen molar-refractivity contribution >= 4 is 35.0 Å². The fourth-order valence-electron chi connectivity index (χ4n) is 1.21. The highest BCUT2D eigenvalue weighted by atomic mass is 35.5. The van der Waals surface area contributed by atoms with Crippen LogP contribution in [-0.2, 0) is 4.79 Å². The van der Waals surface area contributed by atoms with Gasteiger partial charge in [-0.1, -0.05) is 23.7 Å². The fraction of sp³-hybridized carbons (Fsp3) is 0.417. The molecular formula is C12H16ClNO3S. The van der Waals surface area contributed by atoms with Gasteiger partial charge in [0.05, 0.1) is 23.4 Å². The quantitative estimate of drug-likeness (QED) is 0.669. The minimum absolute atomic E-state index is 0.117. The highest BCUT2D eigenvalue weighted by Gasteiger charge is 2.06. The van der Waals surface area contributed by atoms with Crippen LogP contribution in [0.25, 0.3) is 0 Å². The average molecular weight is 290 g/mol. The van der Waals surface area contributed by atoms with Crippen molar-refractivity contribution in [3.8, 4) is 0 Å². The molecule has 0 heterocycles. The molecule has 1 aromatic carbocycles. The van der Waals surface area contributed by atoms with Gasteiger partial charge in [0, 0.05) is 17.9 Å². The van der Waals surface area contributed by atoms with Gasteiger partial charge in [-0.25, -0.2) is 0 Å². The van der Waals surface area contributed by atoms with Crippen LogP contribution in [0.4, 0.5) is 5.69 Å². The lowest BCUT2D eigenvalue weighted by Gasteiger charge is -2.08. The number of carbonyl (C=O) groups excluding carboxylic acids is 1. The summed E-state index contributed by atoms with van der Waals surface area (Å²) in [7, 11) is 0. The van der Waals surface area contributed by atoms with Crippen LogP contribution in [0.5, 0.6) is 0 Å². The normalized spacial score (nSPS) is 12.2. The molecule has 3 N–H and O–H groups in total. The number of benzene rings is 1. The Morgan fingerprint density at radius 2 is 2.17 bits per heavy atom. The molecule has 0 aliphatic heterocycles. The third kappa shape index (κ3) is 5.73. The molecule has 0 fully saturated rings. The van der Waals surface area contributed by atoms with E-state index in [2.05, 4.69) is 5.32 Å². The highest BCUT2D eigenvalue weighted by molar-refractivity contribution is 7.99. The summed E-state index contributed by atoms with van der Waals surface area (Å²) >= 11 is 7.33. The van der Waals surface area contributed by atoms with E-state index in [-0.39, 0.29) is 12.5 Å². The van der Waals surface area contributed by atoms with Crippen molar-refractivity contribution in [3.63, 3.8) is 0 Å². The number of para-hydroxylation sites is 1. The number of aliphatic hydroxyl groups is 2. The van der Waals surface area contributed by atoms with Gasteiger partial charge < -0.3 is 15.5 Å². The number of aliphatic hydroxyl groups excluding tert-OH is 2. The molecule has 4 nitrogen and oxygen atoms in total. The second-order valence-electron chi connectivity index (χ2n) is 3.69. The van der Waals surface area contributed by atoms with E-state index < -0.39 is 6.10 Å². The molecule has 1 unspecified atom stereocenters. The Hall–Kier alpha value is -0.750. The number of amides is 1. The van der Waals surface area contributed by atoms with E-state index in [0.29, 0.717) is 28.6 Å². The molecule has 0 aromatic heterocycles. The fourth-order valence-corrected chi connectivity index (χ4v) is 2.27. The van der Waals surface area contributed by atoms with Crippen LogP contribution in [0.3, 0.4) is 0 Å². The van der Waals surface area contributed by atoms with E-state index >= 15 is 0 Å². The number of carbonyl (C=O) groups is 1. The number of hydrogen-bond donors (Lipinski definition) is 3. The van der Waals surface area contributed by atoms with Crippen molar-refractivity contribution in [1.29, 1.82) is 0 Å². The second-order valence-corrected chi connectivity index (χ2v) is 5.25. The molecule has 0 spiro atoms. The summed E-state index contributed by atoms with van der Waals surface area (Å²) in [5.74, 6) is 0.900. The van der Waals surface area contributed by atoms with Gasteiger partial charge in [-0.15, -0.1) is 0 Å². The van der Waals surface area contributed by atoms with Gasteiger partial charge in [-0.05, 0) is 12.1 Å². The van der Waals surface area contributed by atoms with Gasteiger partial charge in [0.15, 0.2) is 0 Å². The molecule has 1 atom stereocenters. The first-order valence-electron chi connectivity index (χ1n) is 5.54. The zero-order chi connectivity index (χ0) is 13.4. The highest BCUT2D eigenvalue weighted by Crippen LogP contribution is 2.20. The summed E-state index contributed by atoms with van der Waals surface area (Å²) in [5.41, 5.74) is 0.601. The Balaban J connectivity index is 2.24. The molecule has 100 valence electrons. The number of anilines is 1. The van der Waals surface area contributed by atoms with E-state index in [1.54, 1.807) is 24.3 Å². The van der Waals surface area contributed by atoms with Crippen LogP contribution < -0.4 is 5.32 Å². The van der Waals surface area contributed by atoms with Crippen molar-refractivity contribution in [1.82, 2.24) is 0 Å². The van der Waals surface area contributed by atoms with Crippen LogP contribution in [0.2, 0.25) is 5.02 Å². The summed E-state index contributed by atoms with van der Waals surface area (Å²) in [4.78, 5) is 11.6. The summed E-state index contributed by atoms with van der Waals surface area (Å²) in [6.45, 7) is -0.251. The molecule has 0 aliphatic carbocycles. The number of rotatable bonds is 7. The van der Waals surface area contributed by atoms with Gasteiger partial charge in [0.1, 0.15) is 0 Å². The van der Waals surface area contributed by atoms with Crippen molar-refractivity contribution in [2.24, 2.45) is 0 Å². The maximum atomic E-state index is 11.6. The summed E-state index contributed by atoms with van der Waals surface area (Å²) in [6.07, 6.45) is -0.379. The number of halogens is 1. The standard InChI is InChI=1S/C12H16ClNO3S/c13-10-3-1-2-4-11(10)14-12(17)5-6-18-8-9(16)7-15/h1-4,9,15-16H,5-8H2,(H,14,17).